The van der Waals surface area contributed by atoms with E-state index in [9.17, 15) is 17.4 Å². The lowest BCUT2D eigenvalue weighted by molar-refractivity contribution is -0.115. The average Bonchev–Trinajstić information content (AvgIpc) is 2.86. The van der Waals surface area contributed by atoms with Crippen molar-refractivity contribution in [3.05, 3.63) is 0 Å². The first-order valence-corrected chi connectivity index (χ1v) is 8.22. The fourth-order valence-corrected chi connectivity index (χ4v) is 3.89. The standard InChI is InChI=1S/C10H14F3N3O2S2/c11-10(12,13)6-14-8-15-16-9(19-8)20(17)5-7-3-1-2-4-18-7/h7H,1-6H2,(H,14,15). The third-order valence-electron chi connectivity index (χ3n) is 2.65. The molecule has 1 aliphatic heterocycles. The first-order valence-electron chi connectivity index (χ1n) is 6.08. The minimum absolute atomic E-state index is 0.0234. The molecule has 1 aromatic heterocycles. The van der Waals surface area contributed by atoms with E-state index in [1.807, 2.05) is 0 Å². The number of anilines is 1. The first-order chi connectivity index (χ1) is 9.44. The Hall–Kier alpha value is -0.740. The molecule has 5 nitrogen and oxygen atoms in total. The molecule has 2 rings (SSSR count). The third-order valence-corrected chi connectivity index (χ3v) is 5.28. The highest BCUT2D eigenvalue weighted by Gasteiger charge is 2.27. The monoisotopic (exact) mass is 329 g/mol. The van der Waals surface area contributed by atoms with E-state index in [2.05, 4.69) is 15.5 Å². The number of nitrogens with one attached hydrogen (secondary N) is 1. The summed E-state index contributed by atoms with van der Waals surface area (Å²) in [5.41, 5.74) is 0. The Morgan fingerprint density at radius 3 is 2.85 bits per heavy atom. The highest BCUT2D eigenvalue weighted by atomic mass is 32.2. The molecular formula is C10H14F3N3O2S2. The van der Waals surface area contributed by atoms with Crippen LogP contribution in [0.2, 0.25) is 0 Å². The van der Waals surface area contributed by atoms with E-state index in [-0.39, 0.29) is 15.6 Å². The van der Waals surface area contributed by atoms with Crippen molar-refractivity contribution in [3.63, 3.8) is 0 Å². The van der Waals surface area contributed by atoms with E-state index >= 15 is 0 Å². The highest BCUT2D eigenvalue weighted by Crippen LogP contribution is 2.23. The zero-order valence-corrected chi connectivity index (χ0v) is 12.1. The maximum atomic E-state index is 12.0. The van der Waals surface area contributed by atoms with E-state index in [4.69, 9.17) is 4.74 Å². The van der Waals surface area contributed by atoms with Crippen LogP contribution in [0.1, 0.15) is 19.3 Å². The van der Waals surface area contributed by atoms with Crippen molar-refractivity contribution in [1.82, 2.24) is 10.2 Å². The Labute approximate surface area is 120 Å². The molecule has 114 valence electrons. The minimum atomic E-state index is -4.32. The lowest BCUT2D eigenvalue weighted by Crippen LogP contribution is -2.25. The molecule has 2 atom stereocenters. The van der Waals surface area contributed by atoms with Crippen molar-refractivity contribution in [2.45, 2.75) is 35.9 Å². The molecule has 1 aromatic rings. The Balaban J connectivity index is 1.85. The van der Waals surface area contributed by atoms with E-state index < -0.39 is 23.5 Å². The topological polar surface area (TPSA) is 64.1 Å². The van der Waals surface area contributed by atoms with Crippen LogP contribution in [0.5, 0.6) is 0 Å². The largest absolute Gasteiger partial charge is 0.405 e. The Kier molecular flexibility index (Phi) is 5.33. The molecule has 0 radical (unpaired) electrons. The van der Waals surface area contributed by atoms with Gasteiger partial charge in [-0.3, -0.25) is 4.21 Å². The van der Waals surface area contributed by atoms with Gasteiger partial charge in [-0.1, -0.05) is 11.3 Å². The van der Waals surface area contributed by atoms with Crippen LogP contribution in [0, 0.1) is 0 Å². The molecular weight excluding hydrogens is 315 g/mol. The Morgan fingerprint density at radius 1 is 1.40 bits per heavy atom. The van der Waals surface area contributed by atoms with Crippen molar-refractivity contribution in [3.8, 4) is 0 Å². The molecule has 0 aromatic carbocycles. The van der Waals surface area contributed by atoms with Gasteiger partial charge in [-0.05, 0) is 19.3 Å². The minimum Gasteiger partial charge on any atom is -0.377 e. The van der Waals surface area contributed by atoms with Gasteiger partial charge in [0.05, 0.1) is 22.7 Å². The first kappa shape index (κ1) is 15.6. The van der Waals surface area contributed by atoms with Crippen LogP contribution in [0.25, 0.3) is 0 Å². The zero-order chi connectivity index (χ0) is 14.6. The number of aromatic nitrogens is 2. The summed E-state index contributed by atoms with van der Waals surface area (Å²) in [7, 11) is -1.39. The van der Waals surface area contributed by atoms with Gasteiger partial charge in [0.2, 0.25) is 9.47 Å². The van der Waals surface area contributed by atoms with Gasteiger partial charge in [-0.15, -0.1) is 10.2 Å². The molecule has 2 unspecified atom stereocenters. The Morgan fingerprint density at radius 2 is 2.20 bits per heavy atom. The summed E-state index contributed by atoms with van der Waals surface area (Å²) < 4.78 is 53.8. The second-order valence-corrected chi connectivity index (χ2v) is 6.99. The van der Waals surface area contributed by atoms with E-state index in [0.717, 1.165) is 30.6 Å². The quantitative estimate of drug-likeness (QED) is 0.897. The lowest BCUT2D eigenvalue weighted by Gasteiger charge is -2.21. The molecule has 0 spiro atoms. The number of hydrogen-bond donors (Lipinski definition) is 1. The summed E-state index contributed by atoms with van der Waals surface area (Å²) in [4.78, 5) is 0. The number of alkyl halides is 3. The van der Waals surface area contributed by atoms with Gasteiger partial charge in [0.1, 0.15) is 6.54 Å². The molecule has 1 aliphatic rings. The predicted octanol–water partition coefficient (Wildman–Crippen LogP) is 2.19. The van der Waals surface area contributed by atoms with Crippen molar-refractivity contribution in [2.75, 3.05) is 24.2 Å². The lowest BCUT2D eigenvalue weighted by atomic mass is 10.1. The summed E-state index contributed by atoms with van der Waals surface area (Å²) in [5, 5.41) is 9.36. The second kappa shape index (κ2) is 6.81. The summed E-state index contributed by atoms with van der Waals surface area (Å²) in [6.45, 7) is -0.517. The van der Waals surface area contributed by atoms with Crippen LogP contribution in [-0.2, 0) is 15.5 Å². The Bertz CT molecular complexity index is 461. The molecule has 0 amide bonds. The van der Waals surface area contributed by atoms with Crippen LogP contribution in [-0.4, -0.2) is 45.6 Å². The number of ether oxygens (including phenoxy) is 1. The van der Waals surface area contributed by atoms with Gasteiger partial charge in [0, 0.05) is 6.61 Å². The van der Waals surface area contributed by atoms with E-state index in [0.29, 0.717) is 12.4 Å². The summed E-state index contributed by atoms with van der Waals surface area (Å²) in [6.07, 6.45) is -1.49. The van der Waals surface area contributed by atoms with Crippen LogP contribution >= 0.6 is 11.3 Å². The summed E-state index contributed by atoms with van der Waals surface area (Å²) in [6, 6.07) is 0. The normalized spacial score (nSPS) is 21.6. The summed E-state index contributed by atoms with van der Waals surface area (Å²) >= 11 is 0.881. The number of hydrogen-bond acceptors (Lipinski definition) is 6. The molecule has 1 fully saturated rings. The molecule has 20 heavy (non-hydrogen) atoms. The maximum Gasteiger partial charge on any atom is 0.405 e. The highest BCUT2D eigenvalue weighted by molar-refractivity contribution is 7.87. The van der Waals surface area contributed by atoms with Crippen LogP contribution in [0.4, 0.5) is 18.3 Å². The maximum absolute atomic E-state index is 12.0. The molecule has 0 aliphatic carbocycles. The van der Waals surface area contributed by atoms with E-state index in [1.54, 1.807) is 0 Å². The molecule has 2 heterocycles. The van der Waals surface area contributed by atoms with Gasteiger partial charge >= 0.3 is 6.18 Å². The molecule has 10 heteroatoms. The van der Waals surface area contributed by atoms with Crippen LogP contribution < -0.4 is 5.32 Å². The SMILES string of the molecule is O=S(CC1CCCCO1)c1nnc(NCC(F)(F)F)s1. The van der Waals surface area contributed by atoms with Gasteiger partial charge in [0.25, 0.3) is 0 Å². The summed E-state index contributed by atoms with van der Waals surface area (Å²) in [5.74, 6) is 0.313. The molecule has 1 N–H and O–H groups in total. The van der Waals surface area contributed by atoms with Gasteiger partial charge < -0.3 is 10.1 Å². The van der Waals surface area contributed by atoms with Crippen molar-refractivity contribution in [2.24, 2.45) is 0 Å². The van der Waals surface area contributed by atoms with Gasteiger partial charge in [-0.25, -0.2) is 0 Å². The van der Waals surface area contributed by atoms with Crippen molar-refractivity contribution >= 4 is 27.3 Å². The molecule has 1 saturated heterocycles. The predicted molar refractivity (Wildman–Crippen MR) is 69.3 cm³/mol. The van der Waals surface area contributed by atoms with Crippen LogP contribution in [0.3, 0.4) is 0 Å². The smallest absolute Gasteiger partial charge is 0.377 e. The second-order valence-electron chi connectivity index (χ2n) is 4.34. The van der Waals surface area contributed by atoms with Gasteiger partial charge in [0.15, 0.2) is 0 Å². The average molecular weight is 329 g/mol. The van der Waals surface area contributed by atoms with Crippen molar-refractivity contribution in [1.29, 1.82) is 0 Å². The number of nitrogens with zero attached hydrogens (tertiary/aromatic N) is 2. The van der Waals surface area contributed by atoms with Gasteiger partial charge in [-0.2, -0.15) is 13.2 Å². The zero-order valence-electron chi connectivity index (χ0n) is 10.5. The third kappa shape index (κ3) is 4.98. The fraction of sp³-hybridized carbons (Fsp3) is 0.800. The van der Waals surface area contributed by atoms with E-state index in [1.165, 1.54) is 0 Å². The number of halogens is 3. The molecule has 0 saturated carbocycles. The fourth-order valence-electron chi connectivity index (χ4n) is 1.73. The van der Waals surface area contributed by atoms with Crippen molar-refractivity contribution < 1.29 is 22.1 Å². The van der Waals surface area contributed by atoms with Crippen LogP contribution in [0.15, 0.2) is 4.34 Å². The number of rotatable bonds is 5. The molecule has 0 bridgehead atoms.